The highest BCUT2D eigenvalue weighted by molar-refractivity contribution is 5.98. The average molecular weight is 332 g/mol. The summed E-state index contributed by atoms with van der Waals surface area (Å²) in [5.74, 6) is -1.03. The van der Waals surface area contributed by atoms with Crippen LogP contribution in [0.4, 0.5) is 22.7 Å². The Kier molecular flexibility index (Phi) is 5.01. The van der Waals surface area contributed by atoms with E-state index in [9.17, 15) is 9.90 Å². The molecular weight excluding hydrogens is 316 g/mol. The molecule has 0 aromatic heterocycles. The first-order chi connectivity index (χ1) is 12.3. The van der Waals surface area contributed by atoms with Gasteiger partial charge in [-0.2, -0.15) is 0 Å². The van der Waals surface area contributed by atoms with Gasteiger partial charge in [-0.15, -0.1) is 0 Å². The number of carboxylic acid groups (broad SMARTS) is 1. The van der Waals surface area contributed by atoms with Crippen molar-refractivity contribution in [2.75, 3.05) is 10.6 Å². The summed E-state index contributed by atoms with van der Waals surface area (Å²) in [6, 6.07) is 12.6. The zero-order chi connectivity index (χ0) is 17.5. The van der Waals surface area contributed by atoms with E-state index in [-0.39, 0.29) is 5.56 Å². The third-order valence-corrected chi connectivity index (χ3v) is 3.43. The minimum Gasteiger partial charge on any atom is -0.478 e. The number of nitrogens with one attached hydrogen (secondary N) is 2. The number of hydrogen-bond acceptors (Lipinski definition) is 5. The van der Waals surface area contributed by atoms with Gasteiger partial charge in [0.1, 0.15) is 5.69 Å². The number of nitrogens with zero attached hydrogens (tertiary/aromatic N) is 2. The van der Waals surface area contributed by atoms with Crippen molar-refractivity contribution in [3.8, 4) is 0 Å². The van der Waals surface area contributed by atoms with Crippen LogP contribution in [-0.4, -0.2) is 23.5 Å². The number of carbonyl (C=O) groups is 1. The normalized spacial score (nSPS) is 13.1. The van der Waals surface area contributed by atoms with Crippen LogP contribution in [0.25, 0.3) is 0 Å². The van der Waals surface area contributed by atoms with Crippen LogP contribution in [0, 0.1) is 0 Å². The van der Waals surface area contributed by atoms with Gasteiger partial charge in [0.05, 0.1) is 22.6 Å². The molecule has 25 heavy (non-hydrogen) atoms. The molecule has 2 aromatic carbocycles. The highest BCUT2D eigenvalue weighted by Crippen LogP contribution is 2.29. The van der Waals surface area contributed by atoms with Gasteiger partial charge < -0.3 is 15.7 Å². The highest BCUT2D eigenvalue weighted by atomic mass is 16.4. The van der Waals surface area contributed by atoms with Crippen molar-refractivity contribution in [2.24, 2.45) is 9.98 Å². The van der Waals surface area contributed by atoms with Crippen LogP contribution in [0.5, 0.6) is 0 Å². The van der Waals surface area contributed by atoms with Crippen molar-refractivity contribution in [3.63, 3.8) is 0 Å². The first kappa shape index (κ1) is 16.2. The average Bonchev–Trinajstić information content (AvgIpc) is 2.62. The minimum atomic E-state index is -1.03. The topological polar surface area (TPSA) is 86.1 Å². The Labute approximate surface area is 145 Å². The summed E-state index contributed by atoms with van der Waals surface area (Å²) >= 11 is 0. The molecule has 0 unspecified atom stereocenters. The number of aromatic carboxylic acids is 1. The molecule has 1 heterocycles. The van der Waals surface area contributed by atoms with Gasteiger partial charge in [-0.25, -0.2) is 4.79 Å². The van der Waals surface area contributed by atoms with E-state index in [1.165, 1.54) is 6.07 Å². The van der Waals surface area contributed by atoms with Gasteiger partial charge in [-0.05, 0) is 36.4 Å². The lowest BCUT2D eigenvalue weighted by molar-refractivity contribution is 0.0698. The zero-order valence-electron chi connectivity index (χ0n) is 13.3. The predicted octanol–water partition coefficient (Wildman–Crippen LogP) is 4.35. The second kappa shape index (κ2) is 7.74. The lowest BCUT2D eigenvalue weighted by atomic mass is 10.1. The van der Waals surface area contributed by atoms with Crippen molar-refractivity contribution in [1.82, 2.24) is 0 Å². The molecule has 0 bridgehead atoms. The van der Waals surface area contributed by atoms with Crippen molar-refractivity contribution in [1.29, 1.82) is 0 Å². The number of aliphatic imine (C=N–C) groups is 2. The molecule has 0 saturated heterocycles. The van der Waals surface area contributed by atoms with Crippen molar-refractivity contribution < 1.29 is 9.90 Å². The Balaban J connectivity index is 1.99. The van der Waals surface area contributed by atoms with Crippen LogP contribution in [-0.2, 0) is 0 Å². The second-order valence-electron chi connectivity index (χ2n) is 5.09. The van der Waals surface area contributed by atoms with E-state index in [4.69, 9.17) is 0 Å². The molecule has 0 aliphatic carbocycles. The van der Waals surface area contributed by atoms with Gasteiger partial charge in [0.15, 0.2) is 0 Å². The van der Waals surface area contributed by atoms with Gasteiger partial charge in [0, 0.05) is 24.8 Å². The van der Waals surface area contributed by atoms with Crippen molar-refractivity contribution in [3.05, 3.63) is 72.6 Å². The maximum absolute atomic E-state index is 11.4. The molecular formula is C19H16N4O2. The molecule has 0 radical (unpaired) electrons. The SMILES string of the molecule is O=C(O)c1cccc2c1N=CC=CNc1ccccc1N=CC=CN2. The quantitative estimate of drug-likeness (QED) is 0.724. The molecule has 0 saturated carbocycles. The molecule has 1 aliphatic rings. The fourth-order valence-corrected chi connectivity index (χ4v) is 2.28. The summed E-state index contributed by atoms with van der Waals surface area (Å²) in [7, 11) is 0. The largest absolute Gasteiger partial charge is 0.478 e. The molecule has 0 amide bonds. The summed E-state index contributed by atoms with van der Waals surface area (Å²) in [6.07, 6.45) is 10.0. The van der Waals surface area contributed by atoms with E-state index >= 15 is 0 Å². The minimum absolute atomic E-state index is 0.127. The van der Waals surface area contributed by atoms with Crippen LogP contribution >= 0.6 is 0 Å². The number of allylic oxidation sites excluding steroid dienone is 2. The third-order valence-electron chi connectivity index (χ3n) is 3.43. The van der Waals surface area contributed by atoms with E-state index in [0.717, 1.165) is 11.4 Å². The number of hydrogen-bond donors (Lipinski definition) is 3. The number of anilines is 2. The van der Waals surface area contributed by atoms with Crippen molar-refractivity contribution >= 4 is 41.1 Å². The molecule has 2 aromatic rings. The van der Waals surface area contributed by atoms with Crippen LogP contribution in [0.3, 0.4) is 0 Å². The molecule has 0 atom stereocenters. The maximum Gasteiger partial charge on any atom is 0.337 e. The molecule has 3 rings (SSSR count). The van der Waals surface area contributed by atoms with Crippen LogP contribution in [0.2, 0.25) is 0 Å². The van der Waals surface area contributed by atoms with Gasteiger partial charge in [0.25, 0.3) is 0 Å². The highest BCUT2D eigenvalue weighted by Gasteiger charge is 2.12. The lowest BCUT2D eigenvalue weighted by Crippen LogP contribution is -1.99. The van der Waals surface area contributed by atoms with Crippen molar-refractivity contribution in [2.45, 2.75) is 0 Å². The number of para-hydroxylation sites is 3. The number of benzene rings is 2. The Morgan fingerprint density at radius 1 is 0.840 bits per heavy atom. The summed E-state index contributed by atoms with van der Waals surface area (Å²) in [4.78, 5) is 20.1. The van der Waals surface area contributed by atoms with Gasteiger partial charge >= 0.3 is 5.97 Å². The molecule has 3 N–H and O–H groups in total. The predicted molar refractivity (Wildman–Crippen MR) is 102 cm³/mol. The number of fused-ring (bicyclic) bond motifs is 2. The molecule has 124 valence electrons. The fraction of sp³-hybridized carbons (Fsp3) is 0. The Bertz CT molecular complexity index is 898. The summed E-state index contributed by atoms with van der Waals surface area (Å²) in [6.45, 7) is 0. The van der Waals surface area contributed by atoms with E-state index in [2.05, 4.69) is 20.6 Å². The number of carboxylic acids is 1. The van der Waals surface area contributed by atoms with Crippen LogP contribution < -0.4 is 10.6 Å². The Hall–Kier alpha value is -3.67. The monoisotopic (exact) mass is 332 g/mol. The number of rotatable bonds is 1. The lowest BCUT2D eigenvalue weighted by Gasteiger charge is -2.08. The summed E-state index contributed by atoms with van der Waals surface area (Å²) in [5, 5.41) is 15.5. The Morgan fingerprint density at radius 2 is 1.52 bits per heavy atom. The van der Waals surface area contributed by atoms with E-state index in [1.54, 1.807) is 49.1 Å². The van der Waals surface area contributed by atoms with Gasteiger partial charge in [-0.1, -0.05) is 18.2 Å². The standard InChI is InChI=1S/C19H16N4O2/c24-19(25)14-6-3-9-17-18(14)23-13-5-11-21-16-8-2-1-7-15(16)20-10-4-12-22-17/h1-13,21-22H,(H,24,25). The first-order valence-corrected chi connectivity index (χ1v) is 7.62. The van der Waals surface area contributed by atoms with E-state index < -0.39 is 5.97 Å². The molecule has 6 nitrogen and oxygen atoms in total. The summed E-state index contributed by atoms with van der Waals surface area (Å²) < 4.78 is 0. The van der Waals surface area contributed by atoms with E-state index in [1.807, 2.05) is 24.3 Å². The fourth-order valence-electron chi connectivity index (χ4n) is 2.28. The van der Waals surface area contributed by atoms with E-state index in [0.29, 0.717) is 11.4 Å². The second-order valence-corrected chi connectivity index (χ2v) is 5.09. The zero-order valence-corrected chi connectivity index (χ0v) is 13.3. The van der Waals surface area contributed by atoms with Crippen LogP contribution in [0.1, 0.15) is 10.4 Å². The third kappa shape index (κ3) is 4.00. The Morgan fingerprint density at radius 3 is 2.32 bits per heavy atom. The molecule has 6 heteroatoms. The van der Waals surface area contributed by atoms with Gasteiger partial charge in [0.2, 0.25) is 0 Å². The smallest absolute Gasteiger partial charge is 0.337 e. The van der Waals surface area contributed by atoms with Gasteiger partial charge in [-0.3, -0.25) is 9.98 Å². The summed E-state index contributed by atoms with van der Waals surface area (Å²) in [5.41, 5.74) is 2.74. The molecule has 1 aliphatic heterocycles. The molecule has 0 fully saturated rings. The van der Waals surface area contributed by atoms with Crippen LogP contribution in [0.15, 0.2) is 77.0 Å². The molecule has 0 spiro atoms. The maximum atomic E-state index is 11.4. The first-order valence-electron chi connectivity index (χ1n) is 7.62.